The predicted octanol–water partition coefficient (Wildman–Crippen LogP) is 0.639. The van der Waals surface area contributed by atoms with Crippen molar-refractivity contribution in [3.8, 4) is 0 Å². The zero-order chi connectivity index (χ0) is 15.6. The molecule has 1 aromatic heterocycles. The Hall–Kier alpha value is -1.57. The molecule has 118 valence electrons. The molecule has 1 aromatic rings. The summed E-state index contributed by atoms with van der Waals surface area (Å²) in [7, 11) is -2.93. The van der Waals surface area contributed by atoms with Gasteiger partial charge in [-0.25, -0.2) is 18.2 Å². The molecule has 1 aliphatic heterocycles. The number of esters is 1. The lowest BCUT2D eigenvalue weighted by molar-refractivity contribution is 0.0521. The van der Waals surface area contributed by atoms with Crippen LogP contribution in [0.5, 0.6) is 0 Å². The van der Waals surface area contributed by atoms with Crippen LogP contribution >= 0.6 is 0 Å². The number of nitrogens with zero attached hydrogens (tertiary/aromatic N) is 2. The van der Waals surface area contributed by atoms with Gasteiger partial charge in [-0.2, -0.15) is 0 Å². The fourth-order valence-corrected chi connectivity index (χ4v) is 4.46. The summed E-state index contributed by atoms with van der Waals surface area (Å²) in [6, 6.07) is 0. The summed E-state index contributed by atoms with van der Waals surface area (Å²) < 4.78 is 29.8. The zero-order valence-electron chi connectivity index (χ0n) is 12.3. The van der Waals surface area contributed by atoms with Crippen molar-refractivity contribution in [3.63, 3.8) is 0 Å². The number of hydrogen-bond acceptors (Lipinski definition) is 6. The second-order valence-corrected chi connectivity index (χ2v) is 7.44. The highest BCUT2D eigenvalue weighted by atomic mass is 32.2. The standard InChI is InChI=1S/C13H21N3O4S/c1-3-10-15-11(13(17)20-4-2)12(14)16(10)7-9-5-6-21(18,19)8-9/h9H,3-8,14H2,1-2H3. The summed E-state index contributed by atoms with van der Waals surface area (Å²) in [5.41, 5.74) is 6.13. The number of rotatable bonds is 5. The van der Waals surface area contributed by atoms with Gasteiger partial charge in [0.2, 0.25) is 0 Å². The number of imidazole rings is 1. The third-order valence-electron chi connectivity index (χ3n) is 3.64. The van der Waals surface area contributed by atoms with E-state index in [1.54, 1.807) is 11.5 Å². The van der Waals surface area contributed by atoms with Gasteiger partial charge in [0, 0.05) is 13.0 Å². The SMILES string of the molecule is CCOC(=O)c1nc(CC)n(CC2CCS(=O)(=O)C2)c1N. The first-order valence-corrected chi connectivity index (χ1v) is 8.92. The number of nitrogens with two attached hydrogens (primary N) is 1. The molecule has 7 nitrogen and oxygen atoms in total. The Bertz CT molecular complexity index is 636. The molecule has 0 saturated carbocycles. The first-order valence-electron chi connectivity index (χ1n) is 7.10. The van der Waals surface area contributed by atoms with Crippen molar-refractivity contribution >= 4 is 21.6 Å². The lowest BCUT2D eigenvalue weighted by Gasteiger charge is -2.13. The molecule has 0 spiro atoms. The van der Waals surface area contributed by atoms with Crippen molar-refractivity contribution in [2.75, 3.05) is 23.8 Å². The molecule has 0 amide bonds. The molecule has 1 atom stereocenters. The quantitative estimate of drug-likeness (QED) is 0.800. The van der Waals surface area contributed by atoms with Gasteiger partial charge in [0.05, 0.1) is 18.1 Å². The van der Waals surface area contributed by atoms with Gasteiger partial charge in [0.1, 0.15) is 11.6 Å². The van der Waals surface area contributed by atoms with Gasteiger partial charge < -0.3 is 15.0 Å². The van der Waals surface area contributed by atoms with E-state index in [1.807, 2.05) is 6.92 Å². The minimum Gasteiger partial charge on any atom is -0.461 e. The molecule has 0 aromatic carbocycles. The summed E-state index contributed by atoms with van der Waals surface area (Å²) in [6.07, 6.45) is 1.24. The number of ether oxygens (including phenoxy) is 1. The normalized spacial score (nSPS) is 20.6. The van der Waals surface area contributed by atoms with Gasteiger partial charge in [-0.05, 0) is 19.3 Å². The van der Waals surface area contributed by atoms with Crippen LogP contribution in [0, 0.1) is 5.92 Å². The average Bonchev–Trinajstić information content (AvgIpc) is 2.91. The maximum atomic E-state index is 11.8. The molecule has 2 rings (SSSR count). The van der Waals surface area contributed by atoms with Crippen LogP contribution in [0.2, 0.25) is 0 Å². The maximum absolute atomic E-state index is 11.8. The summed E-state index contributed by atoms with van der Waals surface area (Å²) >= 11 is 0. The van der Waals surface area contributed by atoms with E-state index in [-0.39, 0.29) is 35.5 Å². The van der Waals surface area contributed by atoms with Crippen LogP contribution < -0.4 is 5.73 Å². The smallest absolute Gasteiger partial charge is 0.360 e. The lowest BCUT2D eigenvalue weighted by Crippen LogP contribution is -2.17. The van der Waals surface area contributed by atoms with Crippen molar-refractivity contribution < 1.29 is 17.9 Å². The number of aryl methyl sites for hydroxylation is 1. The zero-order valence-corrected chi connectivity index (χ0v) is 13.1. The number of carbonyl (C=O) groups is 1. The minimum absolute atomic E-state index is 0.0202. The summed E-state index contributed by atoms with van der Waals surface area (Å²) in [6.45, 7) is 4.36. The molecule has 1 unspecified atom stereocenters. The molecule has 0 bridgehead atoms. The first kappa shape index (κ1) is 15.8. The third kappa shape index (κ3) is 3.37. The highest BCUT2D eigenvalue weighted by Crippen LogP contribution is 2.24. The van der Waals surface area contributed by atoms with Gasteiger partial charge >= 0.3 is 5.97 Å². The van der Waals surface area contributed by atoms with E-state index in [4.69, 9.17) is 10.5 Å². The Balaban J connectivity index is 2.24. The van der Waals surface area contributed by atoms with Crippen molar-refractivity contribution in [2.24, 2.45) is 5.92 Å². The molecule has 1 aliphatic rings. The van der Waals surface area contributed by atoms with Gasteiger partial charge in [0.25, 0.3) is 0 Å². The van der Waals surface area contributed by atoms with E-state index in [9.17, 15) is 13.2 Å². The van der Waals surface area contributed by atoms with Crippen molar-refractivity contribution in [2.45, 2.75) is 33.2 Å². The Morgan fingerprint density at radius 3 is 2.71 bits per heavy atom. The van der Waals surface area contributed by atoms with Gasteiger partial charge in [0.15, 0.2) is 15.5 Å². The number of hydrogen-bond donors (Lipinski definition) is 1. The van der Waals surface area contributed by atoms with E-state index in [0.29, 0.717) is 25.2 Å². The largest absolute Gasteiger partial charge is 0.461 e. The number of sulfone groups is 1. The number of nitrogen functional groups attached to an aromatic ring is 1. The monoisotopic (exact) mass is 315 g/mol. The van der Waals surface area contributed by atoms with Gasteiger partial charge in [-0.1, -0.05) is 6.92 Å². The Morgan fingerprint density at radius 2 is 2.19 bits per heavy atom. The number of aromatic nitrogens is 2. The molecule has 8 heteroatoms. The molecule has 1 saturated heterocycles. The van der Waals surface area contributed by atoms with Crippen LogP contribution in [0.4, 0.5) is 5.82 Å². The van der Waals surface area contributed by atoms with Gasteiger partial charge in [-0.15, -0.1) is 0 Å². The van der Waals surface area contributed by atoms with E-state index in [2.05, 4.69) is 4.98 Å². The van der Waals surface area contributed by atoms with E-state index < -0.39 is 15.8 Å². The molecule has 1 fully saturated rings. The van der Waals surface area contributed by atoms with E-state index >= 15 is 0 Å². The fraction of sp³-hybridized carbons (Fsp3) is 0.692. The van der Waals surface area contributed by atoms with Crippen LogP contribution in [-0.2, 0) is 27.5 Å². The maximum Gasteiger partial charge on any atom is 0.360 e. The Morgan fingerprint density at radius 1 is 1.48 bits per heavy atom. The summed E-state index contributed by atoms with van der Waals surface area (Å²) in [4.78, 5) is 16.1. The third-order valence-corrected chi connectivity index (χ3v) is 5.48. The molecular formula is C13H21N3O4S. The van der Waals surface area contributed by atoms with E-state index in [0.717, 1.165) is 0 Å². The fourth-order valence-electron chi connectivity index (χ4n) is 2.61. The van der Waals surface area contributed by atoms with Crippen molar-refractivity contribution in [3.05, 3.63) is 11.5 Å². The molecule has 0 aliphatic carbocycles. The molecule has 2 N–H and O–H groups in total. The number of carbonyl (C=O) groups excluding carboxylic acids is 1. The second-order valence-electron chi connectivity index (χ2n) is 5.22. The van der Waals surface area contributed by atoms with Crippen molar-refractivity contribution in [1.29, 1.82) is 0 Å². The Labute approximate surface area is 124 Å². The second kappa shape index (κ2) is 6.05. The first-order chi connectivity index (χ1) is 9.88. The van der Waals surface area contributed by atoms with Gasteiger partial charge in [-0.3, -0.25) is 0 Å². The van der Waals surface area contributed by atoms with Crippen LogP contribution in [0.25, 0.3) is 0 Å². The molecular weight excluding hydrogens is 294 g/mol. The highest BCUT2D eigenvalue weighted by Gasteiger charge is 2.30. The lowest BCUT2D eigenvalue weighted by atomic mass is 10.1. The minimum atomic E-state index is -2.93. The molecule has 0 radical (unpaired) electrons. The highest BCUT2D eigenvalue weighted by molar-refractivity contribution is 7.91. The average molecular weight is 315 g/mol. The predicted molar refractivity (Wildman–Crippen MR) is 78.7 cm³/mol. The molecule has 21 heavy (non-hydrogen) atoms. The van der Waals surface area contributed by atoms with E-state index in [1.165, 1.54) is 0 Å². The number of anilines is 1. The summed E-state index contributed by atoms with van der Waals surface area (Å²) in [5, 5.41) is 0. The Kier molecular flexibility index (Phi) is 4.55. The van der Waals surface area contributed by atoms with Crippen LogP contribution in [0.15, 0.2) is 0 Å². The summed E-state index contributed by atoms with van der Waals surface area (Å²) in [5.74, 6) is 0.810. The van der Waals surface area contributed by atoms with Crippen LogP contribution in [0.3, 0.4) is 0 Å². The van der Waals surface area contributed by atoms with Crippen LogP contribution in [0.1, 0.15) is 36.6 Å². The van der Waals surface area contributed by atoms with Crippen molar-refractivity contribution in [1.82, 2.24) is 9.55 Å². The topological polar surface area (TPSA) is 104 Å². The van der Waals surface area contributed by atoms with Crippen LogP contribution in [-0.4, -0.2) is 42.1 Å². The molecule has 2 heterocycles.